The number of nitro groups is 1. The average molecular weight is 269 g/mol. The van der Waals surface area contributed by atoms with Gasteiger partial charge in [-0.1, -0.05) is 0 Å². The number of esters is 1. The second-order valence-electron chi connectivity index (χ2n) is 3.42. The Bertz CT molecular complexity index is 512. The van der Waals surface area contributed by atoms with E-state index in [1.165, 1.54) is 6.07 Å². The van der Waals surface area contributed by atoms with Gasteiger partial charge < -0.3 is 14.6 Å². The summed E-state index contributed by atoms with van der Waals surface area (Å²) >= 11 is 0. The number of carboxylic acids is 1. The van der Waals surface area contributed by atoms with Gasteiger partial charge in [-0.2, -0.15) is 0 Å². The van der Waals surface area contributed by atoms with Crippen LogP contribution < -0.4 is 4.74 Å². The van der Waals surface area contributed by atoms with Crippen molar-refractivity contribution in [3.05, 3.63) is 33.9 Å². The topological polar surface area (TPSA) is 116 Å². The van der Waals surface area contributed by atoms with E-state index in [9.17, 15) is 19.7 Å². The van der Waals surface area contributed by atoms with Crippen molar-refractivity contribution in [3.63, 3.8) is 0 Å². The Morgan fingerprint density at radius 1 is 1.42 bits per heavy atom. The highest BCUT2D eigenvalue weighted by molar-refractivity contribution is 5.94. The predicted molar refractivity (Wildman–Crippen MR) is 62.2 cm³/mol. The molecule has 102 valence electrons. The van der Waals surface area contributed by atoms with Crippen LogP contribution in [0, 0.1) is 10.1 Å². The number of ether oxygens (including phenoxy) is 2. The fourth-order valence-electron chi connectivity index (χ4n) is 1.29. The van der Waals surface area contributed by atoms with Gasteiger partial charge >= 0.3 is 11.9 Å². The molecule has 0 aliphatic carbocycles. The number of nitro benzene ring substituents is 1. The minimum Gasteiger partial charge on any atom is -0.493 e. The van der Waals surface area contributed by atoms with E-state index >= 15 is 0 Å². The molecule has 0 radical (unpaired) electrons. The summed E-state index contributed by atoms with van der Waals surface area (Å²) in [6.45, 7) is -0.103. The third kappa shape index (κ3) is 3.95. The van der Waals surface area contributed by atoms with Gasteiger partial charge in [0.05, 0.1) is 25.1 Å². The summed E-state index contributed by atoms with van der Waals surface area (Å²) in [7, 11) is 1.10. The molecule has 0 amide bonds. The maximum Gasteiger partial charge on any atom is 0.345 e. The van der Waals surface area contributed by atoms with Crippen LogP contribution in [0.1, 0.15) is 16.8 Å². The molecule has 0 aromatic heterocycles. The largest absolute Gasteiger partial charge is 0.493 e. The number of carbonyl (C=O) groups is 2. The van der Waals surface area contributed by atoms with Crippen molar-refractivity contribution in [2.24, 2.45) is 0 Å². The Kier molecular flexibility index (Phi) is 4.81. The van der Waals surface area contributed by atoms with Gasteiger partial charge in [0.2, 0.25) is 0 Å². The molecule has 0 saturated heterocycles. The molecule has 8 heteroatoms. The van der Waals surface area contributed by atoms with E-state index in [1.54, 1.807) is 0 Å². The van der Waals surface area contributed by atoms with Crippen molar-refractivity contribution < 1.29 is 29.1 Å². The molecule has 0 fully saturated rings. The van der Waals surface area contributed by atoms with Gasteiger partial charge in [0.1, 0.15) is 11.3 Å². The van der Waals surface area contributed by atoms with Crippen LogP contribution in [0.2, 0.25) is 0 Å². The molecule has 0 saturated carbocycles. The highest BCUT2D eigenvalue weighted by atomic mass is 16.6. The van der Waals surface area contributed by atoms with Crippen LogP contribution in [0.3, 0.4) is 0 Å². The maximum atomic E-state index is 11.4. The van der Waals surface area contributed by atoms with Crippen molar-refractivity contribution >= 4 is 17.6 Å². The standard InChI is InChI=1S/C11H11NO7/c1-18-11(15)8-6-7(19-5-4-10(13)14)2-3-9(8)12(16)17/h2-3,6H,4-5H2,1H3,(H,13,14). The molecule has 1 aromatic carbocycles. The fraction of sp³-hybridized carbons (Fsp3) is 0.273. The van der Waals surface area contributed by atoms with Crippen LogP contribution in [0.15, 0.2) is 18.2 Å². The second-order valence-corrected chi connectivity index (χ2v) is 3.42. The summed E-state index contributed by atoms with van der Waals surface area (Å²) in [5.74, 6) is -1.74. The second kappa shape index (κ2) is 6.34. The lowest BCUT2D eigenvalue weighted by atomic mass is 10.1. The molecule has 1 N–H and O–H groups in total. The van der Waals surface area contributed by atoms with Crippen LogP contribution in [0.5, 0.6) is 5.75 Å². The summed E-state index contributed by atoms with van der Waals surface area (Å²) < 4.78 is 9.51. The van der Waals surface area contributed by atoms with Gasteiger partial charge in [-0.3, -0.25) is 14.9 Å². The molecule has 0 spiro atoms. The molecular weight excluding hydrogens is 258 g/mol. The zero-order valence-corrected chi connectivity index (χ0v) is 9.99. The number of carbonyl (C=O) groups excluding carboxylic acids is 1. The minimum atomic E-state index is -1.03. The van der Waals surface area contributed by atoms with E-state index in [4.69, 9.17) is 9.84 Å². The number of methoxy groups -OCH3 is 1. The van der Waals surface area contributed by atoms with Crippen LogP contribution in [0.4, 0.5) is 5.69 Å². The van der Waals surface area contributed by atoms with E-state index < -0.39 is 22.5 Å². The predicted octanol–water partition coefficient (Wildman–Crippen LogP) is 1.23. The maximum absolute atomic E-state index is 11.4. The molecule has 0 aliphatic heterocycles. The number of hydrogen-bond donors (Lipinski definition) is 1. The highest BCUT2D eigenvalue weighted by Crippen LogP contribution is 2.24. The van der Waals surface area contributed by atoms with Crippen molar-refractivity contribution in [1.82, 2.24) is 0 Å². The normalized spacial score (nSPS) is 9.74. The van der Waals surface area contributed by atoms with E-state index in [-0.39, 0.29) is 24.3 Å². The van der Waals surface area contributed by atoms with Crippen LogP contribution in [0.25, 0.3) is 0 Å². The number of carboxylic acid groups (broad SMARTS) is 1. The van der Waals surface area contributed by atoms with Crippen molar-refractivity contribution in [2.75, 3.05) is 13.7 Å². The van der Waals surface area contributed by atoms with Gasteiger partial charge in [-0.15, -0.1) is 0 Å². The number of aliphatic carboxylic acids is 1. The van der Waals surface area contributed by atoms with Crippen LogP contribution in [-0.4, -0.2) is 35.7 Å². The molecule has 0 atom stereocenters. The molecule has 0 bridgehead atoms. The lowest BCUT2D eigenvalue weighted by Crippen LogP contribution is -2.08. The van der Waals surface area contributed by atoms with E-state index in [1.807, 2.05) is 0 Å². The lowest BCUT2D eigenvalue weighted by molar-refractivity contribution is -0.385. The first kappa shape index (κ1) is 14.4. The average Bonchev–Trinajstić information content (AvgIpc) is 2.37. The smallest absolute Gasteiger partial charge is 0.345 e. The van der Waals surface area contributed by atoms with Crippen LogP contribution in [-0.2, 0) is 9.53 Å². The summed E-state index contributed by atoms with van der Waals surface area (Å²) in [6.07, 6.45) is -0.218. The minimum absolute atomic E-state index is 0.103. The Balaban J connectivity index is 2.95. The molecule has 8 nitrogen and oxygen atoms in total. The molecule has 19 heavy (non-hydrogen) atoms. The van der Waals surface area contributed by atoms with E-state index in [2.05, 4.69) is 4.74 Å². The third-order valence-corrected chi connectivity index (χ3v) is 2.15. The van der Waals surface area contributed by atoms with Crippen molar-refractivity contribution in [1.29, 1.82) is 0 Å². The third-order valence-electron chi connectivity index (χ3n) is 2.15. The number of rotatable bonds is 6. The summed E-state index contributed by atoms with van der Waals surface area (Å²) in [6, 6.07) is 3.53. The Hall–Kier alpha value is -2.64. The number of benzene rings is 1. The summed E-state index contributed by atoms with van der Waals surface area (Å²) in [4.78, 5) is 31.7. The molecular formula is C11H11NO7. The summed E-state index contributed by atoms with van der Waals surface area (Å²) in [5, 5.41) is 19.2. The van der Waals surface area contributed by atoms with Crippen molar-refractivity contribution in [3.8, 4) is 5.75 Å². The van der Waals surface area contributed by atoms with Gasteiger partial charge in [0.15, 0.2) is 0 Å². The first-order chi connectivity index (χ1) is 8.95. The monoisotopic (exact) mass is 269 g/mol. The molecule has 1 rings (SSSR count). The van der Waals surface area contributed by atoms with E-state index in [0.717, 1.165) is 19.2 Å². The van der Waals surface area contributed by atoms with Gasteiger partial charge in [-0.05, 0) is 6.07 Å². The zero-order chi connectivity index (χ0) is 14.4. The van der Waals surface area contributed by atoms with Gasteiger partial charge in [-0.25, -0.2) is 4.79 Å². The van der Waals surface area contributed by atoms with Crippen LogP contribution >= 0.6 is 0 Å². The molecule has 0 unspecified atom stereocenters. The Morgan fingerprint density at radius 2 is 2.11 bits per heavy atom. The molecule has 0 heterocycles. The zero-order valence-electron chi connectivity index (χ0n) is 9.99. The van der Waals surface area contributed by atoms with Gasteiger partial charge in [0.25, 0.3) is 5.69 Å². The number of nitrogens with zero attached hydrogens (tertiary/aromatic N) is 1. The van der Waals surface area contributed by atoms with Crippen molar-refractivity contribution in [2.45, 2.75) is 6.42 Å². The Labute approximate surface area is 107 Å². The number of hydrogen-bond acceptors (Lipinski definition) is 6. The first-order valence-electron chi connectivity index (χ1n) is 5.17. The highest BCUT2D eigenvalue weighted by Gasteiger charge is 2.21. The van der Waals surface area contributed by atoms with E-state index in [0.29, 0.717) is 0 Å². The molecule has 0 aliphatic rings. The van der Waals surface area contributed by atoms with Gasteiger partial charge in [0, 0.05) is 12.1 Å². The SMILES string of the molecule is COC(=O)c1cc(OCCC(=O)O)ccc1[N+](=O)[O-]. The lowest BCUT2D eigenvalue weighted by Gasteiger charge is -2.06. The fourth-order valence-corrected chi connectivity index (χ4v) is 1.29. The quantitative estimate of drug-likeness (QED) is 0.469. The first-order valence-corrected chi connectivity index (χ1v) is 5.17. The summed E-state index contributed by atoms with van der Waals surface area (Å²) in [5.41, 5.74) is -0.655. The Morgan fingerprint density at radius 3 is 2.63 bits per heavy atom. The molecule has 1 aromatic rings.